The molecule has 1 aromatic rings. The van der Waals surface area contributed by atoms with Crippen molar-refractivity contribution >= 4 is 5.97 Å². The summed E-state index contributed by atoms with van der Waals surface area (Å²) in [5.74, 6) is -0.732. The molecule has 3 heteroatoms. The SMILES string of the molecule is Cc1cccc(C)c1CC1(C(=O)O)CCCOC1. The van der Waals surface area contributed by atoms with Crippen LogP contribution in [0, 0.1) is 19.3 Å². The van der Waals surface area contributed by atoms with Crippen molar-refractivity contribution in [2.45, 2.75) is 33.1 Å². The molecule has 1 unspecified atom stereocenters. The van der Waals surface area contributed by atoms with Crippen LogP contribution in [0.1, 0.15) is 29.5 Å². The summed E-state index contributed by atoms with van der Waals surface area (Å²) in [6, 6.07) is 6.10. The summed E-state index contributed by atoms with van der Waals surface area (Å²) in [6.07, 6.45) is 2.11. The zero-order valence-corrected chi connectivity index (χ0v) is 11.0. The van der Waals surface area contributed by atoms with Crippen molar-refractivity contribution in [1.82, 2.24) is 0 Å². The Morgan fingerprint density at radius 3 is 2.56 bits per heavy atom. The fraction of sp³-hybridized carbons (Fsp3) is 0.533. The molecule has 3 nitrogen and oxygen atoms in total. The van der Waals surface area contributed by atoms with Gasteiger partial charge in [0.05, 0.1) is 12.0 Å². The van der Waals surface area contributed by atoms with Crippen LogP contribution in [0.15, 0.2) is 18.2 Å². The molecule has 1 atom stereocenters. The lowest BCUT2D eigenvalue weighted by Crippen LogP contribution is -2.41. The Bertz CT molecular complexity index is 425. The quantitative estimate of drug-likeness (QED) is 0.894. The van der Waals surface area contributed by atoms with Gasteiger partial charge in [-0.2, -0.15) is 0 Å². The van der Waals surface area contributed by atoms with Crippen molar-refractivity contribution in [3.8, 4) is 0 Å². The van der Waals surface area contributed by atoms with E-state index in [0.717, 1.165) is 12.0 Å². The maximum absolute atomic E-state index is 11.6. The molecule has 2 rings (SSSR count). The Labute approximate surface area is 108 Å². The van der Waals surface area contributed by atoms with Crippen molar-refractivity contribution in [1.29, 1.82) is 0 Å². The van der Waals surface area contributed by atoms with E-state index in [0.29, 0.717) is 26.1 Å². The van der Waals surface area contributed by atoms with Gasteiger partial charge in [-0.25, -0.2) is 0 Å². The molecule has 0 bridgehead atoms. The molecule has 1 aliphatic heterocycles. The molecule has 0 amide bonds. The number of hydrogen-bond donors (Lipinski definition) is 1. The van der Waals surface area contributed by atoms with Gasteiger partial charge in [0.25, 0.3) is 0 Å². The lowest BCUT2D eigenvalue weighted by Gasteiger charge is -2.34. The predicted molar refractivity (Wildman–Crippen MR) is 69.7 cm³/mol. The number of carboxylic acid groups (broad SMARTS) is 1. The van der Waals surface area contributed by atoms with Crippen LogP contribution in [0.3, 0.4) is 0 Å². The number of aryl methyl sites for hydroxylation is 2. The standard InChI is InChI=1S/C15H20O3/c1-11-5-3-6-12(2)13(11)9-15(14(16)17)7-4-8-18-10-15/h3,5-6H,4,7-10H2,1-2H3,(H,16,17). The molecular weight excluding hydrogens is 228 g/mol. The molecule has 0 spiro atoms. The number of hydrogen-bond acceptors (Lipinski definition) is 2. The highest BCUT2D eigenvalue weighted by atomic mass is 16.5. The van der Waals surface area contributed by atoms with Crippen LogP contribution >= 0.6 is 0 Å². The van der Waals surface area contributed by atoms with Crippen LogP contribution in [0.25, 0.3) is 0 Å². The zero-order valence-electron chi connectivity index (χ0n) is 11.0. The Balaban J connectivity index is 2.32. The number of benzene rings is 1. The van der Waals surface area contributed by atoms with Crippen molar-refractivity contribution in [2.75, 3.05) is 13.2 Å². The first-order valence-electron chi connectivity index (χ1n) is 6.41. The molecule has 1 heterocycles. The zero-order chi connectivity index (χ0) is 13.2. The Morgan fingerprint density at radius 1 is 1.39 bits per heavy atom. The van der Waals surface area contributed by atoms with E-state index in [9.17, 15) is 9.90 Å². The molecule has 0 aromatic heterocycles. The van der Waals surface area contributed by atoms with Gasteiger partial charge in [-0.3, -0.25) is 4.79 Å². The van der Waals surface area contributed by atoms with Crippen molar-refractivity contribution in [2.24, 2.45) is 5.41 Å². The maximum atomic E-state index is 11.6. The molecule has 0 aliphatic carbocycles. The second kappa shape index (κ2) is 5.11. The van der Waals surface area contributed by atoms with E-state index in [4.69, 9.17) is 4.74 Å². The summed E-state index contributed by atoms with van der Waals surface area (Å²) < 4.78 is 5.42. The summed E-state index contributed by atoms with van der Waals surface area (Å²) in [7, 11) is 0. The van der Waals surface area contributed by atoms with Gasteiger partial charge in [0.15, 0.2) is 0 Å². The van der Waals surface area contributed by atoms with Gasteiger partial charge in [0.1, 0.15) is 0 Å². The number of rotatable bonds is 3. The third kappa shape index (κ3) is 2.41. The Morgan fingerprint density at radius 2 is 2.06 bits per heavy atom. The minimum absolute atomic E-state index is 0.329. The van der Waals surface area contributed by atoms with Crippen LogP contribution in [0.5, 0.6) is 0 Å². The molecule has 98 valence electrons. The minimum atomic E-state index is -0.741. The van der Waals surface area contributed by atoms with E-state index in [1.54, 1.807) is 0 Å². The van der Waals surface area contributed by atoms with Crippen LogP contribution in [-0.2, 0) is 16.0 Å². The first-order valence-corrected chi connectivity index (χ1v) is 6.41. The van der Waals surface area contributed by atoms with E-state index < -0.39 is 11.4 Å². The average Bonchev–Trinajstić information content (AvgIpc) is 2.35. The summed E-state index contributed by atoms with van der Waals surface area (Å²) in [4.78, 5) is 11.6. The Hall–Kier alpha value is -1.35. The molecule has 18 heavy (non-hydrogen) atoms. The van der Waals surface area contributed by atoms with Gasteiger partial charge < -0.3 is 9.84 Å². The van der Waals surface area contributed by atoms with E-state index in [-0.39, 0.29) is 0 Å². The monoisotopic (exact) mass is 248 g/mol. The first-order chi connectivity index (χ1) is 8.55. The second-order valence-electron chi connectivity index (χ2n) is 5.29. The molecule has 1 aromatic carbocycles. The van der Waals surface area contributed by atoms with Crippen molar-refractivity contribution < 1.29 is 14.6 Å². The molecule has 1 saturated heterocycles. The van der Waals surface area contributed by atoms with Crippen LogP contribution in [0.2, 0.25) is 0 Å². The number of ether oxygens (including phenoxy) is 1. The Kier molecular flexibility index (Phi) is 3.71. The van der Waals surface area contributed by atoms with Crippen LogP contribution < -0.4 is 0 Å². The molecule has 0 saturated carbocycles. The summed E-state index contributed by atoms with van der Waals surface area (Å²) in [5.41, 5.74) is 2.75. The van der Waals surface area contributed by atoms with E-state index in [1.807, 2.05) is 32.0 Å². The normalized spacial score (nSPS) is 23.9. The largest absolute Gasteiger partial charge is 0.481 e. The fourth-order valence-electron chi connectivity index (χ4n) is 2.70. The number of carboxylic acids is 1. The van der Waals surface area contributed by atoms with E-state index in [2.05, 4.69) is 0 Å². The summed E-state index contributed by atoms with van der Waals surface area (Å²) >= 11 is 0. The molecule has 1 fully saturated rings. The smallest absolute Gasteiger partial charge is 0.312 e. The fourth-order valence-corrected chi connectivity index (χ4v) is 2.70. The molecular formula is C15H20O3. The van der Waals surface area contributed by atoms with E-state index >= 15 is 0 Å². The summed E-state index contributed by atoms with van der Waals surface area (Å²) in [5, 5.41) is 9.55. The second-order valence-corrected chi connectivity index (χ2v) is 5.29. The molecule has 0 radical (unpaired) electrons. The lowest BCUT2D eigenvalue weighted by atomic mass is 9.75. The first kappa shape index (κ1) is 13.1. The third-order valence-electron chi connectivity index (χ3n) is 3.94. The molecule has 1 aliphatic rings. The highest BCUT2D eigenvalue weighted by molar-refractivity contribution is 5.75. The van der Waals surface area contributed by atoms with Gasteiger partial charge in [-0.05, 0) is 49.8 Å². The highest BCUT2D eigenvalue weighted by Crippen LogP contribution is 2.34. The van der Waals surface area contributed by atoms with Gasteiger partial charge in [0, 0.05) is 6.61 Å². The maximum Gasteiger partial charge on any atom is 0.312 e. The predicted octanol–water partition coefficient (Wildman–Crippen LogP) is 2.73. The summed E-state index contributed by atoms with van der Waals surface area (Å²) in [6.45, 7) is 5.10. The van der Waals surface area contributed by atoms with Gasteiger partial charge in [0.2, 0.25) is 0 Å². The van der Waals surface area contributed by atoms with Crippen molar-refractivity contribution in [3.63, 3.8) is 0 Å². The van der Waals surface area contributed by atoms with Crippen LogP contribution in [-0.4, -0.2) is 24.3 Å². The minimum Gasteiger partial charge on any atom is -0.481 e. The van der Waals surface area contributed by atoms with Crippen LogP contribution in [0.4, 0.5) is 0 Å². The number of carbonyl (C=O) groups is 1. The van der Waals surface area contributed by atoms with E-state index in [1.165, 1.54) is 11.1 Å². The molecule has 1 N–H and O–H groups in total. The van der Waals surface area contributed by atoms with Crippen molar-refractivity contribution in [3.05, 3.63) is 34.9 Å². The topological polar surface area (TPSA) is 46.5 Å². The highest BCUT2D eigenvalue weighted by Gasteiger charge is 2.41. The number of aliphatic carboxylic acids is 1. The third-order valence-corrected chi connectivity index (χ3v) is 3.94. The average molecular weight is 248 g/mol. The lowest BCUT2D eigenvalue weighted by molar-refractivity contribution is -0.157. The van der Waals surface area contributed by atoms with Gasteiger partial charge in [-0.15, -0.1) is 0 Å². The van der Waals surface area contributed by atoms with Gasteiger partial charge >= 0.3 is 5.97 Å². The van der Waals surface area contributed by atoms with Gasteiger partial charge in [-0.1, -0.05) is 18.2 Å².